The zero-order valence-electron chi connectivity index (χ0n) is 18.1. The first-order valence-corrected chi connectivity index (χ1v) is 11.4. The van der Waals surface area contributed by atoms with Crippen molar-refractivity contribution in [1.82, 2.24) is 15.0 Å². The molecule has 2 N–H and O–H groups in total. The summed E-state index contributed by atoms with van der Waals surface area (Å²) in [6, 6.07) is 4.49. The number of ether oxygens (including phenoxy) is 1. The van der Waals surface area contributed by atoms with Gasteiger partial charge in [0.15, 0.2) is 11.3 Å². The van der Waals surface area contributed by atoms with Crippen LogP contribution in [0.15, 0.2) is 24.3 Å². The molecule has 34 heavy (non-hydrogen) atoms. The minimum absolute atomic E-state index is 0.0113. The van der Waals surface area contributed by atoms with Crippen LogP contribution in [0.3, 0.4) is 0 Å². The maximum absolute atomic E-state index is 13.0. The molecule has 0 aliphatic heterocycles. The molecule has 1 aliphatic rings. The van der Waals surface area contributed by atoms with E-state index in [0.29, 0.717) is 16.3 Å². The van der Waals surface area contributed by atoms with Gasteiger partial charge in [-0.3, -0.25) is 4.79 Å². The number of anilines is 1. The van der Waals surface area contributed by atoms with E-state index in [-0.39, 0.29) is 23.9 Å². The monoisotopic (exact) mass is 494 g/mol. The summed E-state index contributed by atoms with van der Waals surface area (Å²) in [5, 5.41) is 12.6. The van der Waals surface area contributed by atoms with E-state index in [0.717, 1.165) is 56.0 Å². The van der Waals surface area contributed by atoms with Gasteiger partial charge < -0.3 is 15.2 Å². The molecule has 4 rings (SSSR count). The summed E-state index contributed by atoms with van der Waals surface area (Å²) in [6.07, 6.45) is -1.17. The minimum atomic E-state index is -4.71. The summed E-state index contributed by atoms with van der Waals surface area (Å²) in [7, 11) is 1.15. The number of amides is 1. The number of nitrogens with zero attached hydrogens (tertiary/aromatic N) is 3. The summed E-state index contributed by atoms with van der Waals surface area (Å²) in [5.74, 6) is -1.26. The van der Waals surface area contributed by atoms with Crippen LogP contribution in [0.2, 0.25) is 0 Å². The van der Waals surface area contributed by atoms with Gasteiger partial charge in [-0.2, -0.15) is 13.2 Å². The van der Waals surface area contributed by atoms with Crippen molar-refractivity contribution in [2.24, 2.45) is 5.92 Å². The number of nitrogens with one attached hydrogen (secondary N) is 1. The highest BCUT2D eigenvalue weighted by Crippen LogP contribution is 2.39. The molecule has 180 valence electrons. The Kier molecular flexibility index (Phi) is 6.80. The van der Waals surface area contributed by atoms with Gasteiger partial charge in [0.1, 0.15) is 11.4 Å². The first kappa shape index (κ1) is 24.0. The fourth-order valence-electron chi connectivity index (χ4n) is 3.90. The third kappa shape index (κ3) is 5.02. The fraction of sp³-hybridized carbons (Fsp3) is 0.409. The van der Waals surface area contributed by atoms with Gasteiger partial charge in [-0.25, -0.2) is 19.7 Å². The Balaban J connectivity index is 1.65. The molecule has 1 saturated carbocycles. The van der Waals surface area contributed by atoms with E-state index in [2.05, 4.69) is 20.3 Å². The highest BCUT2D eigenvalue weighted by Gasteiger charge is 2.33. The zero-order valence-corrected chi connectivity index (χ0v) is 18.9. The Hall–Kier alpha value is -3.12. The average molecular weight is 494 g/mol. The van der Waals surface area contributed by atoms with Crippen molar-refractivity contribution in [3.8, 4) is 0 Å². The normalized spacial score (nSPS) is 18.6. The largest absolute Gasteiger partial charge is 0.464 e. The Morgan fingerprint density at radius 3 is 2.56 bits per heavy atom. The smallest absolute Gasteiger partial charge is 0.433 e. The maximum Gasteiger partial charge on any atom is 0.433 e. The highest BCUT2D eigenvalue weighted by molar-refractivity contribution is 7.18. The van der Waals surface area contributed by atoms with Crippen molar-refractivity contribution >= 4 is 39.2 Å². The summed E-state index contributed by atoms with van der Waals surface area (Å²) in [6.45, 7) is 0.167. The molecule has 3 aromatic rings. The Labute approximate surface area is 196 Å². The minimum Gasteiger partial charge on any atom is -0.464 e. The molecule has 0 aromatic carbocycles. The molecule has 12 heteroatoms. The first-order chi connectivity index (χ1) is 16.2. The van der Waals surface area contributed by atoms with E-state index in [1.807, 2.05) is 0 Å². The number of esters is 1. The van der Waals surface area contributed by atoms with Gasteiger partial charge >= 0.3 is 12.1 Å². The quantitative estimate of drug-likeness (QED) is 0.505. The molecular weight excluding hydrogens is 473 g/mol. The first-order valence-electron chi connectivity index (χ1n) is 10.6. The number of hydrogen-bond acceptors (Lipinski definition) is 8. The Bertz CT molecular complexity index is 1220. The molecule has 0 saturated heterocycles. The zero-order chi connectivity index (χ0) is 24.5. The number of alkyl halides is 3. The lowest BCUT2D eigenvalue weighted by Crippen LogP contribution is -2.19. The molecule has 0 atom stereocenters. The van der Waals surface area contributed by atoms with Gasteiger partial charge in [-0.05, 0) is 49.8 Å². The van der Waals surface area contributed by atoms with Crippen molar-refractivity contribution in [2.45, 2.75) is 37.8 Å². The molecule has 1 aliphatic carbocycles. The average Bonchev–Trinajstić information content (AvgIpc) is 3.25. The van der Waals surface area contributed by atoms with Gasteiger partial charge in [-0.1, -0.05) is 6.07 Å². The van der Waals surface area contributed by atoms with Crippen molar-refractivity contribution in [3.63, 3.8) is 0 Å². The lowest BCUT2D eigenvalue weighted by Gasteiger charge is -2.25. The fourth-order valence-corrected chi connectivity index (χ4v) is 5.02. The van der Waals surface area contributed by atoms with E-state index in [1.165, 1.54) is 17.4 Å². The number of aromatic nitrogens is 3. The molecule has 1 fully saturated rings. The lowest BCUT2D eigenvalue weighted by molar-refractivity contribution is -0.141. The molecule has 0 unspecified atom stereocenters. The molecular formula is C22H21F3N4O4S. The van der Waals surface area contributed by atoms with Crippen molar-refractivity contribution in [2.75, 3.05) is 19.0 Å². The van der Waals surface area contributed by atoms with Crippen LogP contribution in [0.1, 0.15) is 63.3 Å². The lowest BCUT2D eigenvalue weighted by atomic mass is 9.83. The topological polar surface area (TPSA) is 114 Å². The standard InChI is InChI=1S/C22H21F3N4O4S/c1-33-21(32)17-14(27-19(31)13-3-2-4-16(26-13)22(23,24)25)9-15-18(28-17)29-20(34-15)12-7-5-11(10-30)6-8-12/h2-4,9,11-12,30H,5-8,10H2,1H3,(H,27,31). The number of hydrogen-bond donors (Lipinski definition) is 2. The number of carbonyl (C=O) groups excluding carboxylic acids is 2. The molecule has 0 bridgehead atoms. The second-order valence-corrected chi connectivity index (χ2v) is 9.07. The molecule has 1 amide bonds. The number of methoxy groups -OCH3 is 1. The SMILES string of the molecule is COC(=O)c1nc2nc(C3CCC(CO)CC3)sc2cc1NC(=O)c1cccc(C(F)(F)F)n1. The molecule has 8 nitrogen and oxygen atoms in total. The third-order valence-corrected chi connectivity index (χ3v) is 6.91. The highest BCUT2D eigenvalue weighted by atomic mass is 32.1. The Morgan fingerprint density at radius 1 is 1.18 bits per heavy atom. The van der Waals surface area contributed by atoms with Crippen LogP contribution in [0.5, 0.6) is 0 Å². The number of thiazole rings is 1. The van der Waals surface area contributed by atoms with Gasteiger partial charge in [-0.15, -0.1) is 11.3 Å². The second kappa shape index (κ2) is 9.63. The maximum atomic E-state index is 13.0. The predicted molar refractivity (Wildman–Crippen MR) is 118 cm³/mol. The van der Waals surface area contributed by atoms with Crippen molar-refractivity contribution in [3.05, 3.63) is 46.4 Å². The summed E-state index contributed by atoms with van der Waals surface area (Å²) in [4.78, 5) is 37.2. The number of rotatable bonds is 5. The van der Waals surface area contributed by atoms with Crippen LogP contribution in [0.4, 0.5) is 18.9 Å². The van der Waals surface area contributed by atoms with E-state index < -0.39 is 29.4 Å². The number of halogens is 3. The van der Waals surface area contributed by atoms with Gasteiger partial charge in [0.2, 0.25) is 0 Å². The second-order valence-electron chi connectivity index (χ2n) is 8.01. The van der Waals surface area contributed by atoms with E-state index in [1.54, 1.807) is 0 Å². The Morgan fingerprint density at radius 2 is 1.91 bits per heavy atom. The van der Waals surface area contributed by atoms with Crippen LogP contribution >= 0.6 is 11.3 Å². The van der Waals surface area contributed by atoms with Crippen molar-refractivity contribution < 1.29 is 32.6 Å². The van der Waals surface area contributed by atoms with Crippen LogP contribution < -0.4 is 5.32 Å². The van der Waals surface area contributed by atoms with Gasteiger partial charge in [0, 0.05) is 12.5 Å². The van der Waals surface area contributed by atoms with Crippen LogP contribution in [0, 0.1) is 5.92 Å². The molecule has 0 radical (unpaired) electrons. The predicted octanol–water partition coefficient (Wildman–Crippen LogP) is 4.41. The van der Waals surface area contributed by atoms with E-state index >= 15 is 0 Å². The van der Waals surface area contributed by atoms with Crippen LogP contribution in [-0.2, 0) is 10.9 Å². The molecule has 3 aromatic heterocycles. The van der Waals surface area contributed by atoms with Gasteiger partial charge in [0.05, 0.1) is 22.5 Å². The number of aliphatic hydroxyl groups is 1. The summed E-state index contributed by atoms with van der Waals surface area (Å²) < 4.78 is 44.3. The number of fused-ring (bicyclic) bond motifs is 1. The summed E-state index contributed by atoms with van der Waals surface area (Å²) >= 11 is 1.38. The molecule has 0 spiro atoms. The van der Waals surface area contributed by atoms with Crippen LogP contribution in [-0.4, -0.2) is 45.7 Å². The van der Waals surface area contributed by atoms with Crippen LogP contribution in [0.25, 0.3) is 10.3 Å². The summed E-state index contributed by atoms with van der Waals surface area (Å²) in [5.41, 5.74) is -1.57. The molecule has 3 heterocycles. The number of carbonyl (C=O) groups is 2. The number of pyridine rings is 2. The van der Waals surface area contributed by atoms with E-state index in [9.17, 15) is 27.9 Å². The van der Waals surface area contributed by atoms with Gasteiger partial charge in [0.25, 0.3) is 5.91 Å². The number of aliphatic hydroxyl groups excluding tert-OH is 1. The third-order valence-electron chi connectivity index (χ3n) is 5.75. The van der Waals surface area contributed by atoms with E-state index in [4.69, 9.17) is 4.74 Å². The van der Waals surface area contributed by atoms with Crippen molar-refractivity contribution in [1.29, 1.82) is 0 Å².